The first-order valence-corrected chi connectivity index (χ1v) is 6.13. The summed E-state index contributed by atoms with van der Waals surface area (Å²) >= 11 is 0. The number of benzene rings is 1. The van der Waals surface area contributed by atoms with Gasteiger partial charge >= 0.3 is 5.97 Å². The van der Waals surface area contributed by atoms with Gasteiger partial charge in [0.2, 0.25) is 0 Å². The SMILES string of the molecule is CCCC(C)(C(=O)O)N1Cc2ccccc2C1. The maximum atomic E-state index is 11.5. The molecule has 1 aliphatic rings. The van der Waals surface area contributed by atoms with Crippen molar-refractivity contribution in [3.63, 3.8) is 0 Å². The zero-order chi connectivity index (χ0) is 12.5. The predicted octanol–water partition coefficient (Wildman–Crippen LogP) is 2.65. The van der Waals surface area contributed by atoms with Crippen LogP contribution in [-0.2, 0) is 17.9 Å². The Morgan fingerprint density at radius 3 is 2.29 bits per heavy atom. The molecule has 3 heteroatoms. The lowest BCUT2D eigenvalue weighted by molar-refractivity contribution is -0.151. The summed E-state index contributed by atoms with van der Waals surface area (Å²) < 4.78 is 0. The van der Waals surface area contributed by atoms with Crippen molar-refractivity contribution in [2.75, 3.05) is 0 Å². The van der Waals surface area contributed by atoms with E-state index in [1.54, 1.807) is 0 Å². The van der Waals surface area contributed by atoms with Crippen molar-refractivity contribution in [1.29, 1.82) is 0 Å². The van der Waals surface area contributed by atoms with Gasteiger partial charge in [0.15, 0.2) is 0 Å². The van der Waals surface area contributed by atoms with E-state index in [1.807, 2.05) is 26.0 Å². The van der Waals surface area contributed by atoms with Crippen LogP contribution in [0.2, 0.25) is 0 Å². The number of carboxylic acids is 1. The molecule has 2 rings (SSSR count). The average molecular weight is 233 g/mol. The van der Waals surface area contributed by atoms with Crippen molar-refractivity contribution in [3.05, 3.63) is 35.4 Å². The van der Waals surface area contributed by atoms with E-state index in [4.69, 9.17) is 0 Å². The maximum absolute atomic E-state index is 11.5. The number of rotatable bonds is 4. The monoisotopic (exact) mass is 233 g/mol. The van der Waals surface area contributed by atoms with Crippen LogP contribution >= 0.6 is 0 Å². The molecule has 1 aromatic rings. The van der Waals surface area contributed by atoms with Crippen LogP contribution in [0.25, 0.3) is 0 Å². The van der Waals surface area contributed by atoms with Crippen molar-refractivity contribution in [3.8, 4) is 0 Å². The standard InChI is InChI=1S/C14H19NO2/c1-3-8-14(2,13(16)17)15-9-11-6-4-5-7-12(11)10-15/h4-7H,3,8-10H2,1-2H3,(H,16,17). The van der Waals surface area contributed by atoms with Gasteiger partial charge in [0.25, 0.3) is 0 Å². The molecule has 0 saturated carbocycles. The van der Waals surface area contributed by atoms with E-state index < -0.39 is 11.5 Å². The quantitative estimate of drug-likeness (QED) is 0.869. The van der Waals surface area contributed by atoms with Crippen LogP contribution in [0.4, 0.5) is 0 Å². The third-order valence-corrected chi connectivity index (χ3v) is 3.74. The molecule has 0 saturated heterocycles. The van der Waals surface area contributed by atoms with Gasteiger partial charge in [-0.1, -0.05) is 37.6 Å². The Morgan fingerprint density at radius 1 is 1.35 bits per heavy atom. The molecule has 17 heavy (non-hydrogen) atoms. The first-order chi connectivity index (χ1) is 8.08. The molecule has 0 amide bonds. The molecule has 3 nitrogen and oxygen atoms in total. The smallest absolute Gasteiger partial charge is 0.323 e. The van der Waals surface area contributed by atoms with Gasteiger partial charge in [0, 0.05) is 13.1 Å². The van der Waals surface area contributed by atoms with Crippen LogP contribution in [0.3, 0.4) is 0 Å². The number of hydrogen-bond acceptors (Lipinski definition) is 2. The van der Waals surface area contributed by atoms with E-state index in [9.17, 15) is 9.90 Å². The third-order valence-electron chi connectivity index (χ3n) is 3.74. The molecule has 92 valence electrons. The first kappa shape index (κ1) is 12.1. The molecule has 0 aliphatic carbocycles. The number of carboxylic acid groups (broad SMARTS) is 1. The van der Waals surface area contributed by atoms with Crippen LogP contribution in [0, 0.1) is 0 Å². The number of aliphatic carboxylic acids is 1. The number of carbonyl (C=O) groups is 1. The van der Waals surface area contributed by atoms with Crippen molar-refractivity contribution < 1.29 is 9.90 Å². The van der Waals surface area contributed by atoms with Gasteiger partial charge in [-0.25, -0.2) is 0 Å². The summed E-state index contributed by atoms with van der Waals surface area (Å²) in [6.07, 6.45) is 1.58. The van der Waals surface area contributed by atoms with E-state index in [1.165, 1.54) is 11.1 Å². The molecule has 1 unspecified atom stereocenters. The van der Waals surface area contributed by atoms with E-state index in [0.29, 0.717) is 6.42 Å². The van der Waals surface area contributed by atoms with Gasteiger partial charge in [0.1, 0.15) is 5.54 Å². The summed E-state index contributed by atoms with van der Waals surface area (Å²) in [5.41, 5.74) is 1.78. The van der Waals surface area contributed by atoms with E-state index in [0.717, 1.165) is 19.5 Å². The zero-order valence-electron chi connectivity index (χ0n) is 10.4. The summed E-state index contributed by atoms with van der Waals surface area (Å²) in [6, 6.07) is 8.20. The van der Waals surface area contributed by atoms with Gasteiger partial charge in [-0.2, -0.15) is 0 Å². The highest BCUT2D eigenvalue weighted by atomic mass is 16.4. The van der Waals surface area contributed by atoms with Gasteiger partial charge in [-0.3, -0.25) is 9.69 Å². The molecular formula is C14H19NO2. The molecule has 1 aliphatic heterocycles. The molecule has 1 aromatic carbocycles. The van der Waals surface area contributed by atoms with Crippen molar-refractivity contribution >= 4 is 5.97 Å². The fraction of sp³-hybridized carbons (Fsp3) is 0.500. The van der Waals surface area contributed by atoms with Crippen LogP contribution < -0.4 is 0 Å². The average Bonchev–Trinajstić information content (AvgIpc) is 2.72. The highest BCUT2D eigenvalue weighted by Gasteiger charge is 2.41. The minimum Gasteiger partial charge on any atom is -0.480 e. The van der Waals surface area contributed by atoms with Gasteiger partial charge in [0.05, 0.1) is 0 Å². The van der Waals surface area contributed by atoms with E-state index in [-0.39, 0.29) is 0 Å². The second-order valence-corrected chi connectivity index (χ2v) is 4.95. The minimum atomic E-state index is -0.742. The topological polar surface area (TPSA) is 40.5 Å². The Labute approximate surface area is 102 Å². The Bertz CT molecular complexity index is 405. The molecular weight excluding hydrogens is 214 g/mol. The van der Waals surface area contributed by atoms with E-state index >= 15 is 0 Å². The Hall–Kier alpha value is -1.35. The fourth-order valence-electron chi connectivity index (χ4n) is 2.57. The molecule has 1 heterocycles. The molecule has 0 radical (unpaired) electrons. The fourth-order valence-corrected chi connectivity index (χ4v) is 2.57. The van der Waals surface area contributed by atoms with Gasteiger partial charge < -0.3 is 5.11 Å². The van der Waals surface area contributed by atoms with E-state index in [2.05, 4.69) is 17.0 Å². The second kappa shape index (κ2) is 4.49. The zero-order valence-corrected chi connectivity index (χ0v) is 10.4. The van der Waals surface area contributed by atoms with Crippen molar-refractivity contribution in [2.24, 2.45) is 0 Å². The van der Waals surface area contributed by atoms with Gasteiger partial charge in [-0.15, -0.1) is 0 Å². The molecule has 0 spiro atoms. The molecule has 1 N–H and O–H groups in total. The van der Waals surface area contributed by atoms with Crippen LogP contribution in [0.5, 0.6) is 0 Å². The number of hydrogen-bond donors (Lipinski definition) is 1. The Balaban J connectivity index is 2.23. The van der Waals surface area contributed by atoms with Crippen molar-refractivity contribution in [2.45, 2.75) is 45.3 Å². The summed E-state index contributed by atoms with van der Waals surface area (Å²) in [7, 11) is 0. The third kappa shape index (κ3) is 2.07. The maximum Gasteiger partial charge on any atom is 0.323 e. The first-order valence-electron chi connectivity index (χ1n) is 6.13. The summed E-state index contributed by atoms with van der Waals surface area (Å²) in [5.74, 6) is -0.716. The highest BCUT2D eigenvalue weighted by Crippen LogP contribution is 2.32. The summed E-state index contributed by atoms with van der Waals surface area (Å²) in [5, 5.41) is 9.46. The minimum absolute atomic E-state index is 0.691. The summed E-state index contributed by atoms with van der Waals surface area (Å²) in [4.78, 5) is 13.6. The van der Waals surface area contributed by atoms with Crippen LogP contribution in [0.1, 0.15) is 37.8 Å². The Kier molecular flexibility index (Phi) is 3.20. The Morgan fingerprint density at radius 2 is 1.88 bits per heavy atom. The second-order valence-electron chi connectivity index (χ2n) is 4.95. The normalized spacial score (nSPS) is 18.7. The largest absolute Gasteiger partial charge is 0.480 e. The molecule has 0 bridgehead atoms. The van der Waals surface area contributed by atoms with Crippen LogP contribution in [0.15, 0.2) is 24.3 Å². The lowest BCUT2D eigenvalue weighted by atomic mass is 9.94. The predicted molar refractivity (Wildman–Crippen MR) is 66.6 cm³/mol. The highest BCUT2D eigenvalue weighted by molar-refractivity contribution is 5.78. The molecule has 1 atom stereocenters. The van der Waals surface area contributed by atoms with Crippen molar-refractivity contribution in [1.82, 2.24) is 4.90 Å². The van der Waals surface area contributed by atoms with Crippen LogP contribution in [-0.4, -0.2) is 21.5 Å². The van der Waals surface area contributed by atoms with Gasteiger partial charge in [-0.05, 0) is 24.5 Å². The number of fused-ring (bicyclic) bond motifs is 1. The molecule has 0 fully saturated rings. The number of nitrogens with zero attached hydrogens (tertiary/aromatic N) is 1. The lowest BCUT2D eigenvalue weighted by Gasteiger charge is -2.34. The molecule has 0 aromatic heterocycles. The summed E-state index contributed by atoms with van der Waals surface area (Å²) in [6.45, 7) is 5.37. The lowest BCUT2D eigenvalue weighted by Crippen LogP contribution is -2.49.